The first kappa shape index (κ1) is 32.1. The Labute approximate surface area is 220 Å². The minimum absolute atomic E-state index is 0.0686. The summed E-state index contributed by atoms with van der Waals surface area (Å²) in [7, 11) is 0. The number of hydrogen-bond donors (Lipinski definition) is 3. The molecule has 0 amide bonds. The topological polar surface area (TPSA) is 60.7 Å². The summed E-state index contributed by atoms with van der Waals surface area (Å²) >= 11 is 0. The molecule has 0 aliphatic carbocycles. The standard InChI is InChI=1S/C29H38F6O3/c1-3-20(9-6-5-8-19-12-13-22(17-36)23(16-19)18-37)24-11-7-10-21(4-2)25(24)14-15-26(38)27(28(30,31)32)29(33,34)35/h7,10-13,16,20,26-27,36-38H,3-6,8-9,14-15,17-18H2,1-2H3. The molecule has 0 heterocycles. The van der Waals surface area contributed by atoms with E-state index in [1.807, 2.05) is 44.2 Å². The van der Waals surface area contributed by atoms with Crippen molar-refractivity contribution in [2.24, 2.45) is 5.92 Å². The van der Waals surface area contributed by atoms with Crippen molar-refractivity contribution in [2.45, 2.75) is 103 Å². The van der Waals surface area contributed by atoms with E-state index in [4.69, 9.17) is 0 Å². The quantitative estimate of drug-likeness (QED) is 0.173. The van der Waals surface area contributed by atoms with Crippen LogP contribution in [0.1, 0.15) is 85.3 Å². The Morgan fingerprint density at radius 3 is 1.97 bits per heavy atom. The van der Waals surface area contributed by atoms with Crippen LogP contribution >= 0.6 is 0 Å². The minimum atomic E-state index is -5.58. The fourth-order valence-electron chi connectivity index (χ4n) is 5.19. The van der Waals surface area contributed by atoms with Crippen LogP contribution < -0.4 is 0 Å². The largest absolute Gasteiger partial charge is 0.403 e. The minimum Gasteiger partial charge on any atom is -0.392 e. The molecule has 9 heteroatoms. The van der Waals surface area contributed by atoms with Gasteiger partial charge in [-0.1, -0.05) is 56.7 Å². The molecule has 38 heavy (non-hydrogen) atoms. The van der Waals surface area contributed by atoms with Crippen molar-refractivity contribution < 1.29 is 41.7 Å². The van der Waals surface area contributed by atoms with Gasteiger partial charge in [0.2, 0.25) is 0 Å². The zero-order valence-corrected chi connectivity index (χ0v) is 21.9. The van der Waals surface area contributed by atoms with E-state index >= 15 is 0 Å². The monoisotopic (exact) mass is 548 g/mol. The van der Waals surface area contributed by atoms with Crippen molar-refractivity contribution in [3.63, 3.8) is 0 Å². The van der Waals surface area contributed by atoms with Crippen LogP contribution in [0.25, 0.3) is 0 Å². The second-order valence-corrected chi connectivity index (χ2v) is 9.78. The molecule has 3 N–H and O–H groups in total. The Bertz CT molecular complexity index is 989. The van der Waals surface area contributed by atoms with Crippen molar-refractivity contribution >= 4 is 0 Å². The van der Waals surface area contributed by atoms with Gasteiger partial charge in [0.25, 0.3) is 0 Å². The molecule has 0 aromatic heterocycles. The average molecular weight is 549 g/mol. The second-order valence-electron chi connectivity index (χ2n) is 9.78. The first-order valence-electron chi connectivity index (χ1n) is 13.1. The molecule has 214 valence electrons. The summed E-state index contributed by atoms with van der Waals surface area (Å²) in [6.45, 7) is 3.60. The fourth-order valence-corrected chi connectivity index (χ4v) is 5.19. The van der Waals surface area contributed by atoms with Crippen LogP contribution in [-0.4, -0.2) is 33.8 Å². The molecule has 0 aliphatic rings. The second kappa shape index (κ2) is 14.3. The molecule has 2 rings (SSSR count). The van der Waals surface area contributed by atoms with Gasteiger partial charge in [0.1, 0.15) is 0 Å². The van der Waals surface area contributed by atoms with Crippen LogP contribution in [0.5, 0.6) is 0 Å². The van der Waals surface area contributed by atoms with E-state index in [-0.39, 0.29) is 25.6 Å². The van der Waals surface area contributed by atoms with Gasteiger partial charge in [0.05, 0.1) is 19.3 Å². The number of alkyl halides is 6. The zero-order chi connectivity index (χ0) is 28.5. The molecular formula is C29H38F6O3. The van der Waals surface area contributed by atoms with Crippen LogP contribution in [0.15, 0.2) is 36.4 Å². The predicted molar refractivity (Wildman–Crippen MR) is 135 cm³/mol. The average Bonchev–Trinajstić information content (AvgIpc) is 2.85. The third-order valence-corrected chi connectivity index (χ3v) is 7.28. The van der Waals surface area contributed by atoms with E-state index in [9.17, 15) is 41.7 Å². The van der Waals surface area contributed by atoms with Crippen molar-refractivity contribution in [1.82, 2.24) is 0 Å². The molecule has 3 nitrogen and oxygen atoms in total. The summed E-state index contributed by atoms with van der Waals surface area (Å²) in [4.78, 5) is 0. The summed E-state index contributed by atoms with van der Waals surface area (Å²) in [6.07, 6.45) is -9.80. The molecular weight excluding hydrogens is 510 g/mol. The Balaban J connectivity index is 2.12. The number of unbranched alkanes of at least 4 members (excludes halogenated alkanes) is 1. The maximum atomic E-state index is 13.1. The number of aliphatic hydroxyl groups excluding tert-OH is 3. The summed E-state index contributed by atoms with van der Waals surface area (Å²) in [5.41, 5.74) is 4.95. The molecule has 2 atom stereocenters. The van der Waals surface area contributed by atoms with Gasteiger partial charge in [-0.05, 0) is 84.2 Å². The summed E-state index contributed by atoms with van der Waals surface area (Å²) in [5, 5.41) is 28.8. The molecule has 0 aliphatic heterocycles. The van der Waals surface area contributed by atoms with E-state index in [1.165, 1.54) is 0 Å². The van der Waals surface area contributed by atoms with E-state index in [0.717, 1.165) is 54.4 Å². The fraction of sp³-hybridized carbons (Fsp3) is 0.586. The van der Waals surface area contributed by atoms with Crippen LogP contribution in [-0.2, 0) is 32.5 Å². The van der Waals surface area contributed by atoms with E-state index in [2.05, 4.69) is 0 Å². The molecule has 0 saturated heterocycles. The summed E-state index contributed by atoms with van der Waals surface area (Å²) in [6, 6.07) is 11.2. The van der Waals surface area contributed by atoms with E-state index in [1.54, 1.807) is 6.07 Å². The number of benzene rings is 2. The third kappa shape index (κ3) is 8.71. The van der Waals surface area contributed by atoms with E-state index in [0.29, 0.717) is 17.5 Å². The molecule has 2 unspecified atom stereocenters. The highest BCUT2D eigenvalue weighted by molar-refractivity contribution is 5.38. The third-order valence-electron chi connectivity index (χ3n) is 7.28. The van der Waals surface area contributed by atoms with Gasteiger partial charge >= 0.3 is 12.4 Å². The zero-order valence-electron chi connectivity index (χ0n) is 21.9. The lowest BCUT2D eigenvalue weighted by molar-refractivity contribution is -0.306. The number of aliphatic hydroxyl groups is 3. The SMILES string of the molecule is CCc1cccc(C(CC)CCCCc2ccc(CO)c(CO)c2)c1CCC(O)C(C(F)(F)F)C(F)(F)F. The van der Waals surface area contributed by atoms with Crippen LogP contribution in [0.2, 0.25) is 0 Å². The number of halogens is 6. The highest BCUT2D eigenvalue weighted by Gasteiger charge is 2.59. The first-order chi connectivity index (χ1) is 17.9. The smallest absolute Gasteiger partial charge is 0.392 e. The normalized spacial score (nSPS) is 14.2. The van der Waals surface area contributed by atoms with Gasteiger partial charge < -0.3 is 15.3 Å². The summed E-state index contributed by atoms with van der Waals surface area (Å²) in [5.74, 6) is -3.69. The number of hydrogen-bond acceptors (Lipinski definition) is 3. The maximum absolute atomic E-state index is 13.1. The van der Waals surface area contributed by atoms with Crippen LogP contribution in [0.3, 0.4) is 0 Å². The lowest BCUT2D eigenvalue weighted by Gasteiger charge is -2.28. The molecule has 0 bridgehead atoms. The lowest BCUT2D eigenvalue weighted by Crippen LogP contribution is -2.45. The van der Waals surface area contributed by atoms with Crippen LogP contribution in [0.4, 0.5) is 26.3 Å². The predicted octanol–water partition coefficient (Wildman–Crippen LogP) is 7.17. The van der Waals surface area contributed by atoms with Crippen molar-refractivity contribution in [3.05, 3.63) is 69.8 Å². The van der Waals surface area contributed by atoms with Crippen molar-refractivity contribution in [1.29, 1.82) is 0 Å². The molecule has 2 aromatic carbocycles. The van der Waals surface area contributed by atoms with E-state index < -0.39 is 30.8 Å². The molecule has 0 radical (unpaired) electrons. The van der Waals surface area contributed by atoms with Gasteiger partial charge in [0.15, 0.2) is 5.92 Å². The molecule has 0 spiro atoms. The Kier molecular flexibility index (Phi) is 12.1. The highest BCUT2D eigenvalue weighted by atomic mass is 19.4. The molecule has 0 saturated carbocycles. The summed E-state index contributed by atoms with van der Waals surface area (Å²) < 4.78 is 78.4. The van der Waals surface area contributed by atoms with Gasteiger partial charge in [-0.3, -0.25) is 0 Å². The number of aryl methyl sites for hydroxylation is 2. The lowest BCUT2D eigenvalue weighted by atomic mass is 9.83. The first-order valence-corrected chi connectivity index (χ1v) is 13.1. The number of rotatable bonds is 14. The Hall–Kier alpha value is -2.10. The van der Waals surface area contributed by atoms with Gasteiger partial charge in [0, 0.05) is 0 Å². The van der Waals surface area contributed by atoms with Gasteiger partial charge in [-0.2, -0.15) is 26.3 Å². The van der Waals surface area contributed by atoms with Gasteiger partial charge in [-0.15, -0.1) is 0 Å². The van der Waals surface area contributed by atoms with Crippen LogP contribution in [0, 0.1) is 5.92 Å². The maximum Gasteiger partial charge on any atom is 0.403 e. The van der Waals surface area contributed by atoms with Crippen molar-refractivity contribution in [2.75, 3.05) is 0 Å². The Morgan fingerprint density at radius 1 is 0.763 bits per heavy atom. The van der Waals surface area contributed by atoms with Gasteiger partial charge in [-0.25, -0.2) is 0 Å². The molecule has 0 fully saturated rings. The van der Waals surface area contributed by atoms with Crippen molar-refractivity contribution in [3.8, 4) is 0 Å². The highest BCUT2D eigenvalue weighted by Crippen LogP contribution is 2.42. The Morgan fingerprint density at radius 2 is 1.42 bits per heavy atom. The molecule has 2 aromatic rings.